The Bertz CT molecular complexity index is 2400. The summed E-state index contributed by atoms with van der Waals surface area (Å²) in [6, 6.07) is 44.4. The molecule has 2 saturated heterocycles. The zero-order chi connectivity index (χ0) is 44.4. The molecule has 320 valence electrons. The summed E-state index contributed by atoms with van der Waals surface area (Å²) < 4.78 is 77.3. The van der Waals surface area contributed by atoms with E-state index in [1.54, 1.807) is 30.3 Å². The molecule has 62 heavy (non-hydrogen) atoms. The van der Waals surface area contributed by atoms with Crippen molar-refractivity contribution >= 4 is 40.3 Å². The highest BCUT2D eigenvalue weighted by Gasteiger charge is 2.36. The summed E-state index contributed by atoms with van der Waals surface area (Å²) in [5, 5.41) is 17.2. The van der Waals surface area contributed by atoms with Gasteiger partial charge in [0.15, 0.2) is 0 Å². The van der Waals surface area contributed by atoms with Gasteiger partial charge in [0.2, 0.25) is 0 Å². The number of amides is 2. The van der Waals surface area contributed by atoms with E-state index < -0.39 is 36.1 Å². The molecule has 2 N–H and O–H groups in total. The molecule has 6 aromatic carbocycles. The number of carbonyl (C=O) groups excluding carboxylic acids is 2. The summed E-state index contributed by atoms with van der Waals surface area (Å²) in [7, 11) is -2.10. The number of hydrogen-bond acceptors (Lipinski definition) is 4. The molecule has 6 nitrogen and oxygen atoms in total. The molecule has 0 spiro atoms. The van der Waals surface area contributed by atoms with E-state index in [4.69, 9.17) is 10.0 Å². The number of benzene rings is 6. The second kappa shape index (κ2) is 20.4. The molecule has 2 atom stereocenters. The molecule has 2 unspecified atom stereocenters. The van der Waals surface area contributed by atoms with Crippen molar-refractivity contribution < 1.29 is 46.0 Å². The van der Waals surface area contributed by atoms with Crippen LogP contribution in [0.2, 0.25) is 0 Å². The predicted octanol–water partition coefficient (Wildman–Crippen LogP) is 10.5. The summed E-state index contributed by atoms with van der Waals surface area (Å²) >= 11 is 3.39. The lowest BCUT2D eigenvalue weighted by Gasteiger charge is -2.17. The molecule has 2 aliphatic heterocycles. The highest BCUT2D eigenvalue weighted by Crippen LogP contribution is 2.37. The first-order valence-electron chi connectivity index (χ1n) is 19.8. The van der Waals surface area contributed by atoms with Crippen LogP contribution in [0.5, 0.6) is 0 Å². The fourth-order valence-corrected chi connectivity index (χ4v) is 7.86. The molecule has 0 radical (unpaired) electrons. The molecule has 2 amide bonds. The summed E-state index contributed by atoms with van der Waals surface area (Å²) in [5.41, 5.74) is 2.14. The second-order valence-electron chi connectivity index (χ2n) is 14.9. The first-order valence-corrected chi connectivity index (χ1v) is 20.6. The molecule has 2 fully saturated rings. The minimum atomic E-state index is -4.56. The normalized spacial score (nSPS) is 16.1. The average molecular weight is 916 g/mol. The Labute approximate surface area is 364 Å². The van der Waals surface area contributed by atoms with Crippen LogP contribution >= 0.6 is 15.9 Å². The molecular weight excluding hydrogens is 873 g/mol. The molecule has 14 heteroatoms. The van der Waals surface area contributed by atoms with Crippen LogP contribution in [0.4, 0.5) is 26.3 Å². The topological polar surface area (TPSA) is 81.1 Å². The van der Waals surface area contributed by atoms with Crippen molar-refractivity contribution in [1.29, 1.82) is 0 Å². The molecule has 0 bridgehead atoms. The van der Waals surface area contributed by atoms with Crippen molar-refractivity contribution in [3.05, 3.63) is 196 Å². The number of alkyl halides is 6. The number of rotatable bonds is 6. The van der Waals surface area contributed by atoms with Crippen molar-refractivity contribution in [3.63, 3.8) is 0 Å². The van der Waals surface area contributed by atoms with Crippen LogP contribution in [0.25, 0.3) is 11.1 Å². The highest BCUT2D eigenvalue weighted by molar-refractivity contribution is 9.10. The van der Waals surface area contributed by atoms with Crippen LogP contribution in [0.1, 0.15) is 67.6 Å². The Kier molecular flexibility index (Phi) is 15.1. The monoisotopic (exact) mass is 914 g/mol. The Morgan fingerprint density at radius 1 is 0.532 bits per heavy atom. The van der Waals surface area contributed by atoms with Gasteiger partial charge in [-0.05, 0) is 83.0 Å². The molecule has 0 saturated carbocycles. The quantitative estimate of drug-likeness (QED) is 0.129. The van der Waals surface area contributed by atoms with E-state index in [0.717, 1.165) is 54.2 Å². The van der Waals surface area contributed by atoms with Gasteiger partial charge in [0.25, 0.3) is 11.8 Å². The van der Waals surface area contributed by atoms with E-state index in [1.165, 1.54) is 35.4 Å². The standard InChI is InChI=1S/C24H20F3NO.C17H16BrNO.C7H6BF3O2/c25-24(26,27)22-9-5-4-8-21(22)18-10-12-19(13-11-18)23(29)28-15-14-20(16-28)17-6-2-1-3-7-17;18-16-8-6-14(7-9-16)17(20)19-11-10-15(12-19)13-4-2-1-3-5-13;9-7(10,11)5-3-1-2-4-6(5)8(12)13/h1-13,20H,14-16H2;1-9,15H,10-12H2;1-4,12-13H. The van der Waals surface area contributed by atoms with Crippen LogP contribution in [-0.2, 0) is 12.4 Å². The van der Waals surface area contributed by atoms with E-state index in [0.29, 0.717) is 36.1 Å². The Balaban J connectivity index is 0.000000168. The summed E-state index contributed by atoms with van der Waals surface area (Å²) in [6.07, 6.45) is -7.02. The predicted molar refractivity (Wildman–Crippen MR) is 232 cm³/mol. The smallest absolute Gasteiger partial charge is 0.423 e. The van der Waals surface area contributed by atoms with Crippen LogP contribution in [-0.4, -0.2) is 65.0 Å². The molecule has 0 aromatic heterocycles. The van der Waals surface area contributed by atoms with E-state index >= 15 is 0 Å². The van der Waals surface area contributed by atoms with E-state index in [-0.39, 0.29) is 17.4 Å². The van der Waals surface area contributed by atoms with Crippen LogP contribution < -0.4 is 5.46 Å². The Morgan fingerprint density at radius 2 is 0.935 bits per heavy atom. The van der Waals surface area contributed by atoms with Gasteiger partial charge >= 0.3 is 19.5 Å². The van der Waals surface area contributed by atoms with E-state index in [1.807, 2.05) is 58.3 Å². The van der Waals surface area contributed by atoms with Crippen molar-refractivity contribution in [1.82, 2.24) is 9.80 Å². The number of hydrogen-bond donors (Lipinski definition) is 2. The van der Waals surface area contributed by atoms with Crippen molar-refractivity contribution in [2.45, 2.75) is 37.0 Å². The average Bonchev–Trinajstić information content (AvgIpc) is 3.99. The maximum atomic E-state index is 13.3. The minimum Gasteiger partial charge on any atom is -0.423 e. The van der Waals surface area contributed by atoms with Crippen molar-refractivity contribution in [3.8, 4) is 11.1 Å². The van der Waals surface area contributed by atoms with Gasteiger partial charge in [-0.15, -0.1) is 0 Å². The van der Waals surface area contributed by atoms with Gasteiger partial charge < -0.3 is 19.8 Å². The summed E-state index contributed by atoms with van der Waals surface area (Å²) in [4.78, 5) is 29.1. The second-order valence-corrected chi connectivity index (χ2v) is 15.8. The van der Waals surface area contributed by atoms with Gasteiger partial charge in [-0.3, -0.25) is 9.59 Å². The SMILES string of the molecule is O=C(c1ccc(-c2ccccc2C(F)(F)F)cc1)N1CCC(c2ccccc2)C1.O=C(c1ccc(Br)cc1)N1CCC(c2ccccc2)C1.OB(O)c1ccccc1C(F)(F)F. The fourth-order valence-electron chi connectivity index (χ4n) is 7.60. The van der Waals surface area contributed by atoms with Gasteiger partial charge in [-0.1, -0.05) is 131 Å². The Hall–Kier alpha value is -5.70. The number of carbonyl (C=O) groups is 2. The molecule has 2 aliphatic rings. The van der Waals surface area contributed by atoms with Crippen molar-refractivity contribution in [2.24, 2.45) is 0 Å². The first-order chi connectivity index (χ1) is 29.6. The maximum Gasteiger partial charge on any atom is 0.489 e. The van der Waals surface area contributed by atoms with E-state index in [2.05, 4.69) is 52.3 Å². The highest BCUT2D eigenvalue weighted by atomic mass is 79.9. The number of halogens is 7. The fraction of sp³-hybridized carbons (Fsp3) is 0.208. The number of nitrogens with zero attached hydrogens (tertiary/aromatic N) is 2. The van der Waals surface area contributed by atoms with Gasteiger partial charge in [0.1, 0.15) is 0 Å². The lowest BCUT2D eigenvalue weighted by molar-refractivity contribution is -0.137. The van der Waals surface area contributed by atoms with Crippen LogP contribution in [0.15, 0.2) is 162 Å². The third-order valence-corrected chi connectivity index (χ3v) is 11.3. The zero-order valence-electron chi connectivity index (χ0n) is 33.2. The largest absolute Gasteiger partial charge is 0.489 e. The number of likely N-dealkylation sites (tertiary alicyclic amines) is 2. The Morgan fingerprint density at radius 3 is 1.37 bits per heavy atom. The molecular formula is C48H42BBrF6N2O4. The lowest BCUT2D eigenvalue weighted by Crippen LogP contribution is -2.35. The molecule has 0 aliphatic carbocycles. The third kappa shape index (κ3) is 11.8. The molecule has 8 rings (SSSR count). The van der Waals surface area contributed by atoms with Gasteiger partial charge in [0, 0.05) is 53.6 Å². The zero-order valence-corrected chi connectivity index (χ0v) is 34.8. The minimum absolute atomic E-state index is 0.0842. The van der Waals surface area contributed by atoms with Gasteiger partial charge in [0.05, 0.1) is 11.1 Å². The summed E-state index contributed by atoms with van der Waals surface area (Å²) in [6.45, 7) is 2.99. The lowest BCUT2D eigenvalue weighted by atomic mass is 9.77. The van der Waals surface area contributed by atoms with Crippen LogP contribution in [0.3, 0.4) is 0 Å². The summed E-state index contributed by atoms with van der Waals surface area (Å²) in [5.74, 6) is 0.837. The van der Waals surface area contributed by atoms with Gasteiger partial charge in [-0.2, -0.15) is 26.3 Å². The third-order valence-electron chi connectivity index (χ3n) is 10.8. The van der Waals surface area contributed by atoms with E-state index in [9.17, 15) is 35.9 Å². The maximum absolute atomic E-state index is 13.3. The molecule has 2 heterocycles. The first kappa shape index (κ1) is 45.8. The van der Waals surface area contributed by atoms with Gasteiger partial charge in [-0.25, -0.2) is 0 Å². The van der Waals surface area contributed by atoms with Crippen LogP contribution in [0, 0.1) is 0 Å². The van der Waals surface area contributed by atoms with Crippen molar-refractivity contribution in [2.75, 3.05) is 26.2 Å². The molecule has 6 aromatic rings.